The Morgan fingerprint density at radius 1 is 1.00 bits per heavy atom. The van der Waals surface area contributed by atoms with Crippen molar-refractivity contribution in [1.29, 1.82) is 0 Å². The molecule has 3 aromatic rings. The van der Waals surface area contributed by atoms with Crippen LogP contribution in [0.4, 0.5) is 5.00 Å². The fraction of sp³-hybridized carbons (Fsp3) is 0.333. The summed E-state index contributed by atoms with van der Waals surface area (Å²) in [5.74, 6) is -0.528. The van der Waals surface area contributed by atoms with Gasteiger partial charge in [0.05, 0.1) is 6.61 Å². The normalized spacial score (nSPS) is 11.3. The van der Waals surface area contributed by atoms with Crippen LogP contribution in [-0.2, 0) is 21.4 Å². The van der Waals surface area contributed by atoms with E-state index in [9.17, 15) is 9.59 Å². The van der Waals surface area contributed by atoms with Crippen LogP contribution < -0.4 is 5.32 Å². The van der Waals surface area contributed by atoms with Crippen molar-refractivity contribution in [2.24, 2.45) is 0 Å². The van der Waals surface area contributed by atoms with Crippen LogP contribution in [0, 0.1) is 6.92 Å². The van der Waals surface area contributed by atoms with Gasteiger partial charge < -0.3 is 10.1 Å². The Hall–Kier alpha value is -2.92. The molecule has 0 aliphatic heterocycles. The van der Waals surface area contributed by atoms with Crippen molar-refractivity contribution in [3.8, 4) is 11.1 Å². The number of nitrogens with one attached hydrogen (secondary N) is 1. The summed E-state index contributed by atoms with van der Waals surface area (Å²) in [6, 6.07) is 18.2. The summed E-state index contributed by atoms with van der Waals surface area (Å²) in [5, 5.41) is 3.51. The first kappa shape index (κ1) is 23.7. The highest BCUT2D eigenvalue weighted by Crippen LogP contribution is 2.40. The van der Waals surface area contributed by atoms with Crippen molar-refractivity contribution < 1.29 is 14.3 Å². The minimum atomic E-state index is -0.413. The van der Waals surface area contributed by atoms with Crippen molar-refractivity contribution in [2.45, 2.75) is 52.9 Å². The van der Waals surface area contributed by atoms with Gasteiger partial charge in [-0.1, -0.05) is 75.4 Å². The van der Waals surface area contributed by atoms with Crippen molar-refractivity contribution in [2.75, 3.05) is 11.9 Å². The number of ether oxygens (including phenoxy) is 1. The molecule has 0 saturated carbocycles. The number of rotatable bonds is 7. The summed E-state index contributed by atoms with van der Waals surface area (Å²) < 4.78 is 5.31. The number of anilines is 1. The van der Waals surface area contributed by atoms with Gasteiger partial charge in [0.15, 0.2) is 0 Å². The number of aryl methyl sites for hydroxylation is 2. The van der Waals surface area contributed by atoms with E-state index in [0.29, 0.717) is 23.4 Å². The van der Waals surface area contributed by atoms with Crippen molar-refractivity contribution in [3.63, 3.8) is 0 Å². The van der Waals surface area contributed by atoms with E-state index >= 15 is 0 Å². The number of carbonyl (C=O) groups excluding carboxylic acids is 2. The van der Waals surface area contributed by atoms with Crippen LogP contribution >= 0.6 is 11.3 Å². The largest absolute Gasteiger partial charge is 0.462 e. The van der Waals surface area contributed by atoms with Crippen LogP contribution in [0.2, 0.25) is 0 Å². The minimum absolute atomic E-state index is 0.104. The third-order valence-corrected chi connectivity index (χ3v) is 6.36. The van der Waals surface area contributed by atoms with Gasteiger partial charge in [0.25, 0.3) is 0 Å². The van der Waals surface area contributed by atoms with Crippen LogP contribution in [0.1, 0.15) is 60.5 Å². The van der Waals surface area contributed by atoms with E-state index in [0.717, 1.165) is 21.6 Å². The fourth-order valence-corrected chi connectivity index (χ4v) is 4.68. The molecule has 1 heterocycles. The summed E-state index contributed by atoms with van der Waals surface area (Å²) in [5.41, 5.74) is 4.68. The summed E-state index contributed by atoms with van der Waals surface area (Å²) in [7, 11) is 0. The second-order valence-electron chi connectivity index (χ2n) is 8.82. The first-order valence-electron chi connectivity index (χ1n) is 11.0. The molecule has 0 spiro atoms. The Morgan fingerprint density at radius 2 is 1.66 bits per heavy atom. The molecule has 0 bridgehead atoms. The zero-order chi connectivity index (χ0) is 23.3. The lowest BCUT2D eigenvalue weighted by Crippen LogP contribution is -2.15. The van der Waals surface area contributed by atoms with Crippen LogP contribution in [-0.4, -0.2) is 18.5 Å². The SMILES string of the molecule is CCOC(=O)c1c(NC(=O)CCc2ccc(C(C)(C)C)cc2)sc(C)c1-c1ccccc1. The van der Waals surface area contributed by atoms with Crippen molar-refractivity contribution in [3.05, 3.63) is 76.2 Å². The van der Waals surface area contributed by atoms with Crippen LogP contribution in [0.3, 0.4) is 0 Å². The molecular weight excluding hydrogens is 418 g/mol. The molecule has 2 aromatic carbocycles. The molecular formula is C27H31NO3S. The van der Waals surface area contributed by atoms with Gasteiger partial charge in [-0.25, -0.2) is 4.79 Å². The standard InChI is InChI=1S/C27H31NO3S/c1-6-31-26(30)24-23(20-10-8-7-9-11-20)18(2)32-25(24)28-22(29)17-14-19-12-15-21(16-13-19)27(3,4)5/h7-13,15-16H,6,14,17H2,1-5H3,(H,28,29). The molecule has 1 N–H and O–H groups in total. The number of carbonyl (C=O) groups is 2. The predicted octanol–water partition coefficient (Wildman–Crippen LogP) is 6.77. The van der Waals surface area contributed by atoms with Gasteiger partial charge in [-0.05, 0) is 42.4 Å². The molecule has 0 aliphatic rings. The molecule has 0 fully saturated rings. The smallest absolute Gasteiger partial charge is 0.341 e. The second-order valence-corrected chi connectivity index (χ2v) is 10.0. The van der Waals surface area contributed by atoms with Gasteiger partial charge in [-0.3, -0.25) is 4.79 Å². The third-order valence-electron chi connectivity index (χ3n) is 5.34. The monoisotopic (exact) mass is 449 g/mol. The van der Waals surface area contributed by atoms with Gasteiger partial charge in [0, 0.05) is 16.9 Å². The molecule has 1 aromatic heterocycles. The number of thiophene rings is 1. The van der Waals surface area contributed by atoms with Gasteiger partial charge in [-0.2, -0.15) is 0 Å². The van der Waals surface area contributed by atoms with E-state index in [-0.39, 0.29) is 17.9 Å². The molecule has 5 heteroatoms. The number of amides is 1. The zero-order valence-corrected chi connectivity index (χ0v) is 20.3. The molecule has 0 atom stereocenters. The number of esters is 1. The average molecular weight is 450 g/mol. The topological polar surface area (TPSA) is 55.4 Å². The van der Waals surface area contributed by atoms with E-state index in [1.54, 1.807) is 6.92 Å². The maximum absolute atomic E-state index is 12.8. The molecule has 0 aliphatic carbocycles. The van der Waals surface area contributed by atoms with Gasteiger partial charge >= 0.3 is 5.97 Å². The summed E-state index contributed by atoms with van der Waals surface area (Å²) >= 11 is 1.41. The van der Waals surface area contributed by atoms with E-state index in [4.69, 9.17) is 4.74 Å². The molecule has 0 radical (unpaired) electrons. The summed E-state index contributed by atoms with van der Waals surface area (Å²) in [6.07, 6.45) is 0.982. The van der Waals surface area contributed by atoms with E-state index < -0.39 is 5.97 Å². The lowest BCUT2D eigenvalue weighted by molar-refractivity contribution is -0.116. The molecule has 0 unspecified atom stereocenters. The molecule has 168 valence electrons. The molecule has 32 heavy (non-hydrogen) atoms. The Balaban J connectivity index is 1.77. The lowest BCUT2D eigenvalue weighted by atomic mass is 9.86. The van der Waals surface area contributed by atoms with Gasteiger partial charge in [-0.15, -0.1) is 11.3 Å². The highest BCUT2D eigenvalue weighted by atomic mass is 32.1. The Morgan fingerprint density at radius 3 is 2.25 bits per heavy atom. The minimum Gasteiger partial charge on any atom is -0.462 e. The summed E-state index contributed by atoms with van der Waals surface area (Å²) in [4.78, 5) is 26.5. The Labute approximate surface area is 194 Å². The maximum Gasteiger partial charge on any atom is 0.341 e. The number of hydrogen-bond donors (Lipinski definition) is 1. The predicted molar refractivity (Wildman–Crippen MR) is 133 cm³/mol. The maximum atomic E-state index is 12.8. The Kier molecular flexibility index (Phi) is 7.52. The van der Waals surface area contributed by atoms with E-state index in [1.165, 1.54) is 16.9 Å². The van der Waals surface area contributed by atoms with E-state index in [2.05, 4.69) is 50.4 Å². The number of benzene rings is 2. The van der Waals surface area contributed by atoms with Crippen LogP contribution in [0.15, 0.2) is 54.6 Å². The quantitative estimate of drug-likeness (QED) is 0.405. The van der Waals surface area contributed by atoms with Gasteiger partial charge in [0.2, 0.25) is 5.91 Å². The second kappa shape index (κ2) is 10.1. The van der Waals surface area contributed by atoms with Crippen LogP contribution in [0.5, 0.6) is 0 Å². The lowest BCUT2D eigenvalue weighted by Gasteiger charge is -2.19. The van der Waals surface area contributed by atoms with E-state index in [1.807, 2.05) is 37.3 Å². The van der Waals surface area contributed by atoms with Crippen molar-refractivity contribution >= 4 is 28.2 Å². The number of hydrogen-bond acceptors (Lipinski definition) is 4. The first-order chi connectivity index (χ1) is 15.2. The third kappa shape index (κ3) is 5.65. The molecule has 4 nitrogen and oxygen atoms in total. The van der Waals surface area contributed by atoms with Crippen LogP contribution in [0.25, 0.3) is 11.1 Å². The summed E-state index contributed by atoms with van der Waals surface area (Å²) in [6.45, 7) is 10.6. The Bertz CT molecular complexity index is 1080. The molecule has 0 saturated heterocycles. The fourth-order valence-electron chi connectivity index (χ4n) is 3.60. The van der Waals surface area contributed by atoms with Gasteiger partial charge in [0.1, 0.15) is 10.6 Å². The first-order valence-corrected chi connectivity index (χ1v) is 11.8. The average Bonchev–Trinajstić information content (AvgIpc) is 3.08. The van der Waals surface area contributed by atoms with Crippen molar-refractivity contribution in [1.82, 2.24) is 0 Å². The molecule has 1 amide bonds. The zero-order valence-electron chi connectivity index (χ0n) is 19.5. The highest BCUT2D eigenvalue weighted by Gasteiger charge is 2.25. The highest BCUT2D eigenvalue weighted by molar-refractivity contribution is 7.17. The molecule has 3 rings (SSSR count).